The second kappa shape index (κ2) is 4.95. The minimum absolute atomic E-state index is 0.150. The summed E-state index contributed by atoms with van der Waals surface area (Å²) in [5.74, 6) is -0.580. The van der Waals surface area contributed by atoms with E-state index in [1.165, 1.54) is 6.07 Å². The van der Waals surface area contributed by atoms with Gasteiger partial charge in [-0.2, -0.15) is 0 Å². The van der Waals surface area contributed by atoms with Crippen LogP contribution in [0.4, 0.5) is 9.18 Å². The van der Waals surface area contributed by atoms with Crippen LogP contribution >= 0.6 is 11.6 Å². The SMILES string of the molecule is NC(=O)O[C@H](CO)c1cc(F)cc(Cl)c1. The third-order valence-electron chi connectivity index (χ3n) is 1.68. The van der Waals surface area contributed by atoms with E-state index in [4.69, 9.17) is 22.4 Å². The van der Waals surface area contributed by atoms with E-state index < -0.39 is 24.6 Å². The summed E-state index contributed by atoms with van der Waals surface area (Å²) in [5, 5.41) is 9.06. The molecule has 3 N–H and O–H groups in total. The van der Waals surface area contributed by atoms with Crippen LogP contribution in [0.15, 0.2) is 18.2 Å². The van der Waals surface area contributed by atoms with Crippen molar-refractivity contribution in [3.05, 3.63) is 34.6 Å². The number of aliphatic hydroxyl groups is 1. The Kier molecular flexibility index (Phi) is 3.88. The molecule has 0 aliphatic carbocycles. The van der Waals surface area contributed by atoms with Crippen molar-refractivity contribution in [3.8, 4) is 0 Å². The lowest BCUT2D eigenvalue weighted by molar-refractivity contribution is 0.0631. The normalized spacial score (nSPS) is 12.2. The predicted molar refractivity (Wildman–Crippen MR) is 51.9 cm³/mol. The van der Waals surface area contributed by atoms with Gasteiger partial charge in [0.1, 0.15) is 5.82 Å². The Hall–Kier alpha value is -1.33. The van der Waals surface area contributed by atoms with E-state index in [1.807, 2.05) is 0 Å². The molecule has 0 radical (unpaired) electrons. The number of primary amides is 1. The highest BCUT2D eigenvalue weighted by molar-refractivity contribution is 6.30. The number of carbonyl (C=O) groups is 1. The van der Waals surface area contributed by atoms with Crippen molar-refractivity contribution in [2.45, 2.75) is 6.10 Å². The number of ether oxygens (including phenoxy) is 1. The van der Waals surface area contributed by atoms with Gasteiger partial charge in [-0.25, -0.2) is 9.18 Å². The molecule has 0 aromatic heterocycles. The van der Waals surface area contributed by atoms with E-state index in [2.05, 4.69) is 4.74 Å². The van der Waals surface area contributed by atoms with Crippen LogP contribution in [0.2, 0.25) is 5.02 Å². The lowest BCUT2D eigenvalue weighted by Crippen LogP contribution is -2.19. The lowest BCUT2D eigenvalue weighted by Gasteiger charge is -2.14. The second-order valence-corrected chi connectivity index (χ2v) is 3.25. The van der Waals surface area contributed by atoms with Crippen LogP contribution in [-0.4, -0.2) is 17.8 Å². The van der Waals surface area contributed by atoms with Gasteiger partial charge in [0.25, 0.3) is 0 Å². The zero-order chi connectivity index (χ0) is 11.4. The quantitative estimate of drug-likeness (QED) is 0.833. The maximum absolute atomic E-state index is 12.9. The average molecular weight is 234 g/mol. The molecule has 1 atom stereocenters. The Morgan fingerprint density at radius 3 is 2.73 bits per heavy atom. The van der Waals surface area contributed by atoms with Gasteiger partial charge in [-0.05, 0) is 23.8 Å². The monoisotopic (exact) mass is 233 g/mol. The van der Waals surface area contributed by atoms with Crippen LogP contribution < -0.4 is 5.73 Å². The number of benzene rings is 1. The number of nitrogens with two attached hydrogens (primary N) is 1. The zero-order valence-corrected chi connectivity index (χ0v) is 8.37. The van der Waals surface area contributed by atoms with Crippen LogP contribution in [0.3, 0.4) is 0 Å². The predicted octanol–water partition coefficient (Wildman–Crippen LogP) is 1.61. The van der Waals surface area contributed by atoms with Crippen LogP contribution in [-0.2, 0) is 4.74 Å². The molecule has 0 aliphatic heterocycles. The first kappa shape index (κ1) is 11.7. The summed E-state index contributed by atoms with van der Waals surface area (Å²) in [5.41, 5.74) is 5.03. The minimum Gasteiger partial charge on any atom is -0.439 e. The number of aliphatic hydroxyl groups excluding tert-OH is 1. The Labute approximate surface area is 90.4 Å². The molecule has 6 heteroatoms. The molecule has 0 saturated heterocycles. The fourth-order valence-corrected chi connectivity index (χ4v) is 1.34. The highest BCUT2D eigenvalue weighted by atomic mass is 35.5. The molecule has 0 saturated carbocycles. The van der Waals surface area contributed by atoms with Gasteiger partial charge in [0.2, 0.25) is 0 Å². The van der Waals surface area contributed by atoms with E-state index in [0.717, 1.165) is 12.1 Å². The van der Waals surface area contributed by atoms with Crippen LogP contribution in [0.1, 0.15) is 11.7 Å². The van der Waals surface area contributed by atoms with Crippen molar-refractivity contribution in [2.24, 2.45) is 5.73 Å². The molecule has 1 amide bonds. The highest BCUT2D eigenvalue weighted by Gasteiger charge is 2.15. The Bertz CT molecular complexity index is 352. The van der Waals surface area contributed by atoms with Crippen LogP contribution in [0.25, 0.3) is 0 Å². The summed E-state index contributed by atoms with van der Waals surface area (Å²) in [6, 6.07) is 3.59. The molecule has 15 heavy (non-hydrogen) atoms. The number of halogens is 2. The zero-order valence-electron chi connectivity index (χ0n) is 7.61. The topological polar surface area (TPSA) is 72.6 Å². The van der Waals surface area contributed by atoms with Crippen molar-refractivity contribution in [3.63, 3.8) is 0 Å². The number of amides is 1. The highest BCUT2D eigenvalue weighted by Crippen LogP contribution is 2.22. The van der Waals surface area contributed by atoms with Crippen molar-refractivity contribution in [2.75, 3.05) is 6.61 Å². The number of hydrogen-bond donors (Lipinski definition) is 2. The van der Waals surface area contributed by atoms with Crippen molar-refractivity contribution >= 4 is 17.7 Å². The van der Waals surface area contributed by atoms with Gasteiger partial charge in [0.05, 0.1) is 6.61 Å². The molecule has 0 bridgehead atoms. The molecule has 1 rings (SSSR count). The number of hydrogen-bond acceptors (Lipinski definition) is 3. The van der Waals surface area contributed by atoms with Crippen LogP contribution in [0, 0.1) is 5.82 Å². The lowest BCUT2D eigenvalue weighted by atomic mass is 10.1. The average Bonchev–Trinajstić information content (AvgIpc) is 2.12. The van der Waals surface area contributed by atoms with Crippen LogP contribution in [0.5, 0.6) is 0 Å². The van der Waals surface area contributed by atoms with Crippen molar-refractivity contribution < 1.29 is 19.0 Å². The van der Waals surface area contributed by atoms with Crippen molar-refractivity contribution in [1.82, 2.24) is 0 Å². The fraction of sp³-hybridized carbons (Fsp3) is 0.222. The van der Waals surface area contributed by atoms with E-state index >= 15 is 0 Å². The number of rotatable bonds is 3. The van der Waals surface area contributed by atoms with E-state index in [9.17, 15) is 9.18 Å². The first-order valence-electron chi connectivity index (χ1n) is 4.06. The van der Waals surface area contributed by atoms with Gasteiger partial charge < -0.3 is 15.6 Å². The molecule has 0 spiro atoms. The Morgan fingerprint density at radius 1 is 1.60 bits per heavy atom. The van der Waals surface area contributed by atoms with Gasteiger partial charge in [-0.3, -0.25) is 0 Å². The van der Waals surface area contributed by atoms with Gasteiger partial charge >= 0.3 is 6.09 Å². The number of carbonyl (C=O) groups excluding carboxylic acids is 1. The maximum Gasteiger partial charge on any atom is 0.405 e. The first-order chi connectivity index (χ1) is 7.02. The molecular formula is C9H9ClFNO3. The van der Waals surface area contributed by atoms with E-state index in [-0.39, 0.29) is 10.6 Å². The summed E-state index contributed by atoms with van der Waals surface area (Å²) >= 11 is 5.59. The molecule has 82 valence electrons. The molecule has 0 fully saturated rings. The molecule has 0 heterocycles. The summed E-state index contributed by atoms with van der Waals surface area (Å²) in [4.78, 5) is 10.5. The van der Waals surface area contributed by atoms with Gasteiger partial charge in [0, 0.05) is 5.02 Å². The standard InChI is InChI=1S/C9H9ClFNO3/c10-6-1-5(2-7(11)3-6)8(4-13)15-9(12)14/h1-3,8,13H,4H2,(H2,12,14)/t8-/m1/s1. The third kappa shape index (κ3) is 3.38. The molecule has 0 unspecified atom stereocenters. The summed E-state index contributed by atoms with van der Waals surface area (Å²) in [6.45, 7) is -0.497. The fourth-order valence-electron chi connectivity index (χ4n) is 1.11. The van der Waals surface area contributed by atoms with Crippen molar-refractivity contribution in [1.29, 1.82) is 0 Å². The maximum atomic E-state index is 12.9. The Balaban J connectivity index is 2.95. The summed E-state index contributed by atoms with van der Waals surface area (Å²) in [7, 11) is 0. The molecule has 1 aromatic carbocycles. The molecular weight excluding hydrogens is 225 g/mol. The Morgan fingerprint density at radius 2 is 2.27 bits per heavy atom. The largest absolute Gasteiger partial charge is 0.439 e. The van der Waals surface area contributed by atoms with E-state index in [0.29, 0.717) is 0 Å². The summed E-state index contributed by atoms with van der Waals surface area (Å²) < 4.78 is 17.5. The van der Waals surface area contributed by atoms with Gasteiger partial charge in [-0.15, -0.1) is 0 Å². The van der Waals surface area contributed by atoms with Gasteiger partial charge in [-0.1, -0.05) is 11.6 Å². The molecule has 0 aliphatic rings. The first-order valence-corrected chi connectivity index (χ1v) is 4.43. The minimum atomic E-state index is -1.05. The second-order valence-electron chi connectivity index (χ2n) is 2.81. The van der Waals surface area contributed by atoms with Gasteiger partial charge in [0.15, 0.2) is 6.10 Å². The van der Waals surface area contributed by atoms with E-state index in [1.54, 1.807) is 0 Å². The summed E-state index contributed by atoms with van der Waals surface area (Å²) in [6.07, 6.45) is -2.05. The third-order valence-corrected chi connectivity index (χ3v) is 1.90. The smallest absolute Gasteiger partial charge is 0.405 e. The molecule has 1 aromatic rings. The molecule has 4 nitrogen and oxygen atoms in total.